The Balaban J connectivity index is 2.37. The molecule has 7 heteroatoms. The van der Waals surface area contributed by atoms with Crippen molar-refractivity contribution in [1.82, 2.24) is 15.3 Å². The number of hydrogen-bond donors (Lipinski definition) is 1. The molecule has 0 aromatic carbocycles. The number of halogens is 3. The Morgan fingerprint density at radius 1 is 1.20 bits per heavy atom. The normalized spacial score (nSPS) is 11.7. The summed E-state index contributed by atoms with van der Waals surface area (Å²) in [4.78, 5) is 3.88. The van der Waals surface area contributed by atoms with Gasteiger partial charge in [-0.1, -0.05) is 10.7 Å². The lowest BCUT2D eigenvalue weighted by molar-refractivity contribution is -0.895. The van der Waals surface area contributed by atoms with E-state index >= 15 is 0 Å². The number of aromatic amines is 1. The van der Waals surface area contributed by atoms with E-state index in [-0.39, 0.29) is 10.4 Å². The second-order valence-corrected chi connectivity index (χ2v) is 2.78. The predicted molar refractivity (Wildman–Crippen MR) is 43.3 cm³/mol. The van der Waals surface area contributed by atoms with E-state index in [1.54, 1.807) is 18.2 Å². The molecule has 2 rings (SSSR count). The van der Waals surface area contributed by atoms with Gasteiger partial charge in [-0.2, -0.15) is 0 Å². The zero-order chi connectivity index (χ0) is 10.9. The van der Waals surface area contributed by atoms with E-state index in [1.807, 2.05) is 5.21 Å². The van der Waals surface area contributed by atoms with Crippen molar-refractivity contribution in [3.8, 4) is 11.4 Å². The smallest absolute Gasteiger partial charge is 0.252 e. The van der Waals surface area contributed by atoms with Gasteiger partial charge >= 0.3 is 6.30 Å². The van der Waals surface area contributed by atoms with E-state index in [1.165, 1.54) is 6.20 Å². The highest BCUT2D eigenvalue weighted by Gasteiger charge is 2.39. The number of H-pyrrole nitrogens is 1. The van der Waals surface area contributed by atoms with Gasteiger partial charge in [-0.25, -0.2) is 0 Å². The summed E-state index contributed by atoms with van der Waals surface area (Å²) in [5, 5.41) is 5.35. The molecule has 78 valence electrons. The molecular weight excluding hydrogens is 209 g/mol. The van der Waals surface area contributed by atoms with Gasteiger partial charge in [0.15, 0.2) is 6.20 Å². The van der Waals surface area contributed by atoms with E-state index in [9.17, 15) is 13.2 Å². The Hall–Kier alpha value is -1.92. The maximum Gasteiger partial charge on any atom is 0.585 e. The summed E-state index contributed by atoms with van der Waals surface area (Å²) in [6, 6.07) is 4.93. The molecule has 0 aliphatic carbocycles. The highest BCUT2D eigenvalue weighted by atomic mass is 19.4. The standard InChI is InChI=1S/C8H5F3N4/c9-8(10,11)15-5-7(13-14-15)6-3-1-2-4-12-6/h1-5H/p+1. The van der Waals surface area contributed by atoms with E-state index in [4.69, 9.17) is 0 Å². The monoisotopic (exact) mass is 215 g/mol. The summed E-state index contributed by atoms with van der Waals surface area (Å²) in [5.74, 6) is 0. The Morgan fingerprint density at radius 2 is 2.00 bits per heavy atom. The first-order valence-corrected chi connectivity index (χ1v) is 4.03. The molecule has 0 bridgehead atoms. The second-order valence-electron chi connectivity index (χ2n) is 2.78. The molecule has 0 unspecified atom stereocenters. The molecule has 0 saturated heterocycles. The first kappa shape index (κ1) is 9.63. The third-order valence-electron chi connectivity index (χ3n) is 1.73. The predicted octanol–water partition coefficient (Wildman–Crippen LogP) is 1.24. The van der Waals surface area contributed by atoms with Crippen LogP contribution in [0, 0.1) is 0 Å². The van der Waals surface area contributed by atoms with Crippen molar-refractivity contribution in [1.29, 1.82) is 0 Å². The van der Waals surface area contributed by atoms with Crippen LogP contribution in [0.5, 0.6) is 0 Å². The molecule has 2 aromatic heterocycles. The van der Waals surface area contributed by atoms with Crippen molar-refractivity contribution in [3.05, 3.63) is 30.6 Å². The average molecular weight is 215 g/mol. The second kappa shape index (κ2) is 3.34. The summed E-state index contributed by atoms with van der Waals surface area (Å²) in [5.41, 5.74) is 0.532. The zero-order valence-corrected chi connectivity index (χ0v) is 7.36. The van der Waals surface area contributed by atoms with Crippen LogP contribution in [-0.4, -0.2) is 15.3 Å². The summed E-state index contributed by atoms with van der Waals surface area (Å²) < 4.78 is 36.5. The highest BCUT2D eigenvalue weighted by Crippen LogP contribution is 2.15. The molecule has 0 radical (unpaired) electrons. The number of rotatable bonds is 1. The molecular formula is C8H6F3N4+. The molecule has 1 N–H and O–H groups in total. The van der Waals surface area contributed by atoms with Crippen LogP contribution >= 0.6 is 0 Å². The SMILES string of the molecule is FC(F)(F)[n+]1cc(-c2ccccn2)n[nH]1. The number of pyridine rings is 1. The lowest BCUT2D eigenvalue weighted by atomic mass is 10.3. The third-order valence-corrected chi connectivity index (χ3v) is 1.73. The van der Waals surface area contributed by atoms with E-state index < -0.39 is 6.30 Å². The first-order chi connectivity index (χ1) is 7.07. The van der Waals surface area contributed by atoms with Gasteiger partial charge in [-0.05, 0) is 17.3 Å². The summed E-state index contributed by atoms with van der Waals surface area (Å²) in [6.45, 7) is 0. The number of nitrogens with zero attached hydrogens (tertiary/aromatic N) is 3. The van der Waals surface area contributed by atoms with Crippen molar-refractivity contribution in [2.24, 2.45) is 0 Å². The van der Waals surface area contributed by atoms with E-state index in [0.717, 1.165) is 6.20 Å². The maximum absolute atomic E-state index is 12.2. The molecule has 0 fully saturated rings. The number of alkyl halides is 3. The van der Waals surface area contributed by atoms with Crippen LogP contribution in [0.1, 0.15) is 0 Å². The molecule has 2 aromatic rings. The fourth-order valence-electron chi connectivity index (χ4n) is 1.06. The van der Waals surface area contributed by atoms with Gasteiger partial charge in [0.2, 0.25) is 0 Å². The molecule has 2 heterocycles. The van der Waals surface area contributed by atoms with Crippen LogP contribution in [0.3, 0.4) is 0 Å². The maximum atomic E-state index is 12.2. The van der Waals surface area contributed by atoms with Crippen LogP contribution in [0.25, 0.3) is 11.4 Å². The molecule has 15 heavy (non-hydrogen) atoms. The fraction of sp³-hybridized carbons (Fsp3) is 0.125. The summed E-state index contributed by atoms with van der Waals surface area (Å²) in [7, 11) is 0. The van der Waals surface area contributed by atoms with Gasteiger partial charge < -0.3 is 0 Å². The largest absolute Gasteiger partial charge is 0.585 e. The Labute approximate surface area is 82.4 Å². The van der Waals surface area contributed by atoms with Crippen molar-refractivity contribution >= 4 is 0 Å². The van der Waals surface area contributed by atoms with Crippen LogP contribution in [0.15, 0.2) is 30.6 Å². The van der Waals surface area contributed by atoms with Crippen molar-refractivity contribution < 1.29 is 17.9 Å². The molecule has 0 aliphatic heterocycles. The highest BCUT2D eigenvalue weighted by molar-refractivity contribution is 5.50. The summed E-state index contributed by atoms with van der Waals surface area (Å²) >= 11 is 0. The van der Waals surface area contributed by atoms with Gasteiger partial charge in [0.1, 0.15) is 5.69 Å². The Bertz CT molecular complexity index is 448. The first-order valence-electron chi connectivity index (χ1n) is 4.03. The number of aromatic nitrogens is 4. The van der Waals surface area contributed by atoms with Gasteiger partial charge in [0.05, 0.1) is 0 Å². The quantitative estimate of drug-likeness (QED) is 0.727. The minimum absolute atomic E-state index is 0.0307. The van der Waals surface area contributed by atoms with Gasteiger partial charge in [0.25, 0.3) is 5.69 Å². The Kier molecular flexibility index (Phi) is 2.14. The minimum Gasteiger partial charge on any atom is -0.252 e. The molecule has 4 nitrogen and oxygen atoms in total. The van der Waals surface area contributed by atoms with Crippen LogP contribution < -0.4 is 4.68 Å². The number of hydrogen-bond acceptors (Lipinski definition) is 2. The van der Waals surface area contributed by atoms with Gasteiger partial charge in [-0.15, -0.1) is 13.2 Å². The third kappa shape index (κ3) is 1.95. The summed E-state index contributed by atoms with van der Waals surface area (Å²) in [6.07, 6.45) is -2.15. The molecule has 0 spiro atoms. The van der Waals surface area contributed by atoms with Crippen molar-refractivity contribution in [2.45, 2.75) is 6.30 Å². The molecule has 0 saturated carbocycles. The van der Waals surface area contributed by atoms with Crippen LogP contribution in [0.2, 0.25) is 0 Å². The molecule has 0 amide bonds. The lowest BCUT2D eigenvalue weighted by Crippen LogP contribution is -2.48. The molecule has 0 atom stereocenters. The Morgan fingerprint density at radius 3 is 2.53 bits per heavy atom. The van der Waals surface area contributed by atoms with E-state index in [0.29, 0.717) is 5.69 Å². The van der Waals surface area contributed by atoms with E-state index in [2.05, 4.69) is 10.1 Å². The van der Waals surface area contributed by atoms with Crippen LogP contribution in [-0.2, 0) is 6.30 Å². The van der Waals surface area contributed by atoms with Crippen LogP contribution in [0.4, 0.5) is 13.2 Å². The van der Waals surface area contributed by atoms with Gasteiger partial charge in [-0.3, -0.25) is 4.98 Å². The topological polar surface area (TPSA) is 45.5 Å². The minimum atomic E-state index is -4.49. The fourth-order valence-corrected chi connectivity index (χ4v) is 1.06. The van der Waals surface area contributed by atoms with Crippen molar-refractivity contribution in [2.75, 3.05) is 0 Å². The molecule has 0 aliphatic rings. The van der Waals surface area contributed by atoms with Gasteiger partial charge in [0, 0.05) is 11.3 Å². The van der Waals surface area contributed by atoms with Crippen molar-refractivity contribution in [3.63, 3.8) is 0 Å². The zero-order valence-electron chi connectivity index (χ0n) is 7.36. The number of nitrogens with one attached hydrogen (secondary N) is 1. The average Bonchev–Trinajstić information content (AvgIpc) is 2.67. The lowest BCUT2D eigenvalue weighted by Gasteiger charge is -1.95.